The number of hydrogen-bond acceptors (Lipinski definition) is 2. The van der Waals surface area contributed by atoms with Crippen molar-refractivity contribution in [1.29, 1.82) is 0 Å². The highest BCUT2D eigenvalue weighted by Gasteiger charge is 2.32. The van der Waals surface area contributed by atoms with Crippen molar-refractivity contribution in [3.8, 4) is 0 Å². The van der Waals surface area contributed by atoms with Gasteiger partial charge in [0.1, 0.15) is 0 Å². The van der Waals surface area contributed by atoms with Crippen LogP contribution in [0.1, 0.15) is 22.7 Å². The Labute approximate surface area is 108 Å². The standard InChI is InChI=1S/C13H14F3N3/c1-9-2-4-10(5-3-9)12(17)8-19-7-11(6-18-19)13(14,15)16/h2-7,12H,8,17H2,1H3. The predicted molar refractivity (Wildman–Crippen MR) is 65.3 cm³/mol. The lowest BCUT2D eigenvalue weighted by molar-refractivity contribution is -0.137. The van der Waals surface area contributed by atoms with E-state index < -0.39 is 11.7 Å². The monoisotopic (exact) mass is 269 g/mol. The van der Waals surface area contributed by atoms with Gasteiger partial charge in [-0.25, -0.2) is 0 Å². The zero-order valence-electron chi connectivity index (χ0n) is 10.4. The maximum atomic E-state index is 12.4. The Morgan fingerprint density at radius 2 is 1.89 bits per heavy atom. The van der Waals surface area contributed by atoms with Crippen molar-refractivity contribution in [2.24, 2.45) is 5.73 Å². The van der Waals surface area contributed by atoms with Crippen LogP contribution in [0.2, 0.25) is 0 Å². The van der Waals surface area contributed by atoms with Crippen molar-refractivity contribution in [1.82, 2.24) is 9.78 Å². The number of halogens is 3. The van der Waals surface area contributed by atoms with E-state index in [4.69, 9.17) is 5.73 Å². The second-order valence-electron chi connectivity index (χ2n) is 4.47. The van der Waals surface area contributed by atoms with E-state index in [-0.39, 0.29) is 12.6 Å². The number of alkyl halides is 3. The second kappa shape index (κ2) is 5.05. The largest absolute Gasteiger partial charge is 0.419 e. The van der Waals surface area contributed by atoms with Crippen LogP contribution >= 0.6 is 0 Å². The van der Waals surface area contributed by atoms with Crippen LogP contribution in [0.3, 0.4) is 0 Å². The lowest BCUT2D eigenvalue weighted by atomic mass is 10.1. The molecule has 2 N–H and O–H groups in total. The summed E-state index contributed by atoms with van der Waals surface area (Å²) in [5, 5.41) is 3.68. The van der Waals surface area contributed by atoms with Gasteiger partial charge >= 0.3 is 6.18 Å². The zero-order valence-corrected chi connectivity index (χ0v) is 10.4. The molecule has 0 aliphatic rings. The Kier molecular flexibility index (Phi) is 3.61. The van der Waals surface area contributed by atoms with Crippen LogP contribution in [-0.4, -0.2) is 9.78 Å². The minimum absolute atomic E-state index is 0.207. The van der Waals surface area contributed by atoms with Crippen molar-refractivity contribution in [2.45, 2.75) is 25.7 Å². The summed E-state index contributed by atoms with van der Waals surface area (Å²) >= 11 is 0. The first kappa shape index (κ1) is 13.6. The van der Waals surface area contributed by atoms with Gasteiger partial charge in [-0.15, -0.1) is 0 Å². The summed E-state index contributed by atoms with van der Waals surface area (Å²) < 4.78 is 38.5. The average molecular weight is 269 g/mol. The molecule has 0 radical (unpaired) electrons. The average Bonchev–Trinajstić information content (AvgIpc) is 2.78. The van der Waals surface area contributed by atoms with Gasteiger partial charge in [0.15, 0.2) is 0 Å². The maximum absolute atomic E-state index is 12.4. The minimum atomic E-state index is -4.37. The SMILES string of the molecule is Cc1ccc(C(N)Cn2cc(C(F)(F)F)cn2)cc1. The van der Waals surface area contributed by atoms with E-state index in [1.807, 2.05) is 31.2 Å². The smallest absolute Gasteiger partial charge is 0.322 e. The molecule has 3 nitrogen and oxygen atoms in total. The Morgan fingerprint density at radius 1 is 1.26 bits per heavy atom. The Morgan fingerprint density at radius 3 is 2.42 bits per heavy atom. The van der Waals surface area contributed by atoms with Crippen LogP contribution in [0, 0.1) is 6.92 Å². The third kappa shape index (κ3) is 3.35. The lowest BCUT2D eigenvalue weighted by Gasteiger charge is -2.12. The Hall–Kier alpha value is -1.82. The first-order valence-corrected chi connectivity index (χ1v) is 5.78. The van der Waals surface area contributed by atoms with Crippen LogP contribution in [0.25, 0.3) is 0 Å². The summed E-state index contributed by atoms with van der Waals surface area (Å²) in [6, 6.07) is 7.18. The molecule has 2 rings (SSSR count). The Bertz CT molecular complexity index is 543. The van der Waals surface area contributed by atoms with Crippen molar-refractivity contribution >= 4 is 0 Å². The number of aryl methyl sites for hydroxylation is 1. The zero-order chi connectivity index (χ0) is 14.0. The third-order valence-corrected chi connectivity index (χ3v) is 2.85. The predicted octanol–water partition coefficient (Wildman–Crippen LogP) is 2.91. The molecule has 1 unspecified atom stereocenters. The fourth-order valence-corrected chi connectivity index (χ4v) is 1.73. The van der Waals surface area contributed by atoms with Gasteiger partial charge in [-0.3, -0.25) is 4.68 Å². The van der Waals surface area contributed by atoms with Crippen molar-refractivity contribution in [2.75, 3.05) is 0 Å². The summed E-state index contributed by atoms with van der Waals surface area (Å²) in [4.78, 5) is 0. The van der Waals surface area contributed by atoms with Gasteiger partial charge in [-0.2, -0.15) is 18.3 Å². The minimum Gasteiger partial charge on any atom is -0.322 e. The van der Waals surface area contributed by atoms with Crippen molar-refractivity contribution in [3.63, 3.8) is 0 Å². The number of benzene rings is 1. The molecule has 1 aromatic carbocycles. The van der Waals surface area contributed by atoms with Crippen LogP contribution < -0.4 is 5.73 Å². The number of rotatable bonds is 3. The number of aromatic nitrogens is 2. The Balaban J connectivity index is 2.08. The highest BCUT2D eigenvalue weighted by atomic mass is 19.4. The summed E-state index contributed by atoms with van der Waals surface area (Å²) in [6.07, 6.45) is -2.60. The summed E-state index contributed by atoms with van der Waals surface area (Å²) in [5.74, 6) is 0. The van der Waals surface area contributed by atoms with E-state index in [2.05, 4.69) is 5.10 Å². The molecule has 2 aromatic rings. The fraction of sp³-hybridized carbons (Fsp3) is 0.308. The number of nitrogens with zero attached hydrogens (tertiary/aromatic N) is 2. The third-order valence-electron chi connectivity index (χ3n) is 2.85. The van der Waals surface area contributed by atoms with E-state index in [0.29, 0.717) is 0 Å². The normalized spacial score (nSPS) is 13.5. The molecule has 0 fully saturated rings. The van der Waals surface area contributed by atoms with Gasteiger partial charge in [0.05, 0.1) is 18.3 Å². The quantitative estimate of drug-likeness (QED) is 0.931. The highest BCUT2D eigenvalue weighted by molar-refractivity contribution is 5.23. The fourth-order valence-electron chi connectivity index (χ4n) is 1.73. The van der Waals surface area contributed by atoms with Gasteiger partial charge in [0.2, 0.25) is 0 Å². The molecular formula is C13H14F3N3. The molecule has 0 amide bonds. The first-order chi connectivity index (χ1) is 8.86. The van der Waals surface area contributed by atoms with Crippen LogP contribution in [0.4, 0.5) is 13.2 Å². The lowest BCUT2D eigenvalue weighted by Crippen LogP contribution is -2.18. The highest BCUT2D eigenvalue weighted by Crippen LogP contribution is 2.28. The molecule has 0 saturated heterocycles. The van der Waals surface area contributed by atoms with Crippen LogP contribution in [0.5, 0.6) is 0 Å². The second-order valence-corrected chi connectivity index (χ2v) is 4.47. The summed E-state index contributed by atoms with van der Waals surface area (Å²) in [5.41, 5.74) is 7.17. The molecule has 19 heavy (non-hydrogen) atoms. The molecule has 0 bridgehead atoms. The maximum Gasteiger partial charge on any atom is 0.419 e. The molecule has 1 aromatic heterocycles. The molecule has 6 heteroatoms. The van der Waals surface area contributed by atoms with E-state index in [1.54, 1.807) is 0 Å². The topological polar surface area (TPSA) is 43.8 Å². The van der Waals surface area contributed by atoms with E-state index in [1.165, 1.54) is 4.68 Å². The van der Waals surface area contributed by atoms with Gasteiger partial charge in [0, 0.05) is 12.2 Å². The number of nitrogens with two attached hydrogens (primary N) is 1. The molecule has 0 spiro atoms. The van der Waals surface area contributed by atoms with Crippen LogP contribution in [0.15, 0.2) is 36.7 Å². The molecule has 0 saturated carbocycles. The van der Waals surface area contributed by atoms with E-state index in [0.717, 1.165) is 23.5 Å². The molecule has 0 aliphatic heterocycles. The first-order valence-electron chi connectivity index (χ1n) is 5.78. The summed E-state index contributed by atoms with van der Waals surface area (Å²) in [7, 11) is 0. The molecule has 102 valence electrons. The van der Waals surface area contributed by atoms with E-state index in [9.17, 15) is 13.2 Å². The van der Waals surface area contributed by atoms with Crippen molar-refractivity contribution < 1.29 is 13.2 Å². The molecule has 1 atom stereocenters. The van der Waals surface area contributed by atoms with Crippen LogP contribution in [-0.2, 0) is 12.7 Å². The molecule has 0 aliphatic carbocycles. The van der Waals surface area contributed by atoms with E-state index >= 15 is 0 Å². The van der Waals surface area contributed by atoms with Gasteiger partial charge < -0.3 is 5.73 Å². The number of hydrogen-bond donors (Lipinski definition) is 1. The van der Waals surface area contributed by atoms with Gasteiger partial charge in [-0.05, 0) is 12.5 Å². The molecular weight excluding hydrogens is 255 g/mol. The van der Waals surface area contributed by atoms with Gasteiger partial charge in [0.25, 0.3) is 0 Å². The van der Waals surface area contributed by atoms with Gasteiger partial charge in [-0.1, -0.05) is 29.8 Å². The summed E-state index contributed by atoms with van der Waals surface area (Å²) in [6.45, 7) is 2.16. The van der Waals surface area contributed by atoms with Crippen molar-refractivity contribution in [3.05, 3.63) is 53.3 Å². The molecule has 1 heterocycles.